The second-order valence-corrected chi connectivity index (χ2v) is 4.91. The Balaban J connectivity index is 1.99. The van der Waals surface area contributed by atoms with E-state index >= 15 is 0 Å². The first-order valence-corrected chi connectivity index (χ1v) is 6.19. The van der Waals surface area contributed by atoms with Gasteiger partial charge in [-0.1, -0.05) is 0 Å². The fourth-order valence-electron chi connectivity index (χ4n) is 2.81. The van der Waals surface area contributed by atoms with Gasteiger partial charge in [-0.3, -0.25) is 4.79 Å². The van der Waals surface area contributed by atoms with E-state index in [1.807, 2.05) is 6.07 Å². The summed E-state index contributed by atoms with van der Waals surface area (Å²) in [6.07, 6.45) is 2.65. The number of fused-ring (bicyclic) bond motifs is 3. The molecule has 0 radical (unpaired) electrons. The van der Waals surface area contributed by atoms with E-state index in [1.165, 1.54) is 23.4 Å². The second kappa shape index (κ2) is 4.12. The molecule has 1 heterocycles. The minimum absolute atomic E-state index is 0.00864. The van der Waals surface area contributed by atoms with Crippen LogP contribution in [0.2, 0.25) is 0 Å². The number of halogens is 1. The number of aryl methyl sites for hydroxylation is 1. The number of hydrogen-bond donors (Lipinski definition) is 2. The molecule has 3 nitrogen and oxygen atoms in total. The molecule has 0 spiro atoms. The lowest BCUT2D eigenvalue weighted by atomic mass is 9.91. The van der Waals surface area contributed by atoms with Gasteiger partial charge in [-0.2, -0.15) is 0 Å². The zero-order chi connectivity index (χ0) is 12.7. The summed E-state index contributed by atoms with van der Waals surface area (Å²) in [6.45, 7) is 1.54. The summed E-state index contributed by atoms with van der Waals surface area (Å²) in [5, 5.41) is 4.03. The van der Waals surface area contributed by atoms with Gasteiger partial charge in [-0.05, 0) is 43.0 Å². The van der Waals surface area contributed by atoms with E-state index < -0.39 is 0 Å². The minimum atomic E-state index is -0.223. The van der Waals surface area contributed by atoms with Crippen molar-refractivity contribution in [3.05, 3.63) is 35.3 Å². The van der Waals surface area contributed by atoms with Crippen molar-refractivity contribution in [1.29, 1.82) is 0 Å². The Labute approximate surface area is 104 Å². The van der Waals surface area contributed by atoms with Crippen LogP contribution in [0.1, 0.15) is 24.6 Å². The topological polar surface area (TPSA) is 44.9 Å². The number of benzene rings is 1. The maximum absolute atomic E-state index is 13.2. The van der Waals surface area contributed by atoms with Gasteiger partial charge in [0, 0.05) is 29.6 Å². The molecule has 2 aromatic rings. The number of H-pyrrole nitrogens is 1. The summed E-state index contributed by atoms with van der Waals surface area (Å²) in [5.74, 6) is -0.214. The Kier molecular flexibility index (Phi) is 2.58. The third kappa shape index (κ3) is 1.88. The van der Waals surface area contributed by atoms with Crippen LogP contribution in [-0.2, 0) is 17.6 Å². The Morgan fingerprint density at radius 1 is 1.50 bits per heavy atom. The Morgan fingerprint density at radius 3 is 3.11 bits per heavy atom. The molecular weight excluding hydrogens is 231 g/mol. The van der Waals surface area contributed by atoms with Crippen molar-refractivity contribution < 1.29 is 9.18 Å². The van der Waals surface area contributed by atoms with Crippen LogP contribution in [0.4, 0.5) is 4.39 Å². The summed E-state index contributed by atoms with van der Waals surface area (Å²) in [6, 6.07) is 5.02. The number of hydrogen-bond acceptors (Lipinski definition) is 1. The molecule has 1 amide bonds. The van der Waals surface area contributed by atoms with Crippen LogP contribution in [0.5, 0.6) is 0 Å². The van der Waals surface area contributed by atoms with Crippen LogP contribution in [0.25, 0.3) is 10.9 Å². The largest absolute Gasteiger partial charge is 0.358 e. The van der Waals surface area contributed by atoms with Gasteiger partial charge < -0.3 is 10.3 Å². The number of aromatic nitrogens is 1. The molecule has 94 valence electrons. The lowest BCUT2D eigenvalue weighted by Gasteiger charge is -2.22. The highest BCUT2D eigenvalue weighted by molar-refractivity contribution is 5.85. The highest BCUT2D eigenvalue weighted by Crippen LogP contribution is 2.29. The zero-order valence-electron chi connectivity index (χ0n) is 10.2. The van der Waals surface area contributed by atoms with Gasteiger partial charge in [0.15, 0.2) is 0 Å². The molecule has 0 saturated heterocycles. The maximum atomic E-state index is 13.2. The van der Waals surface area contributed by atoms with Crippen molar-refractivity contribution in [3.8, 4) is 0 Å². The van der Waals surface area contributed by atoms with Crippen LogP contribution < -0.4 is 5.32 Å². The van der Waals surface area contributed by atoms with Crippen LogP contribution >= 0.6 is 0 Å². The first-order chi connectivity index (χ1) is 8.63. The molecule has 0 fully saturated rings. The van der Waals surface area contributed by atoms with Crippen molar-refractivity contribution >= 4 is 16.8 Å². The summed E-state index contributed by atoms with van der Waals surface area (Å²) in [7, 11) is 0. The fraction of sp³-hybridized carbons (Fsp3) is 0.357. The van der Waals surface area contributed by atoms with Crippen molar-refractivity contribution in [2.24, 2.45) is 0 Å². The smallest absolute Gasteiger partial charge is 0.217 e. The number of carbonyl (C=O) groups is 1. The molecule has 1 aliphatic carbocycles. The highest BCUT2D eigenvalue weighted by atomic mass is 19.1. The molecule has 3 rings (SSSR count). The quantitative estimate of drug-likeness (QED) is 0.796. The predicted molar refractivity (Wildman–Crippen MR) is 67.9 cm³/mol. The molecule has 0 bridgehead atoms. The van der Waals surface area contributed by atoms with Crippen molar-refractivity contribution in [1.82, 2.24) is 10.3 Å². The molecule has 0 aliphatic heterocycles. The van der Waals surface area contributed by atoms with Gasteiger partial charge in [0.2, 0.25) is 5.91 Å². The molecule has 4 heteroatoms. The normalized spacial score (nSPS) is 18.7. The lowest BCUT2D eigenvalue weighted by molar-refractivity contribution is -0.119. The Bertz CT molecular complexity index is 618. The van der Waals surface area contributed by atoms with E-state index in [9.17, 15) is 9.18 Å². The molecule has 1 aliphatic rings. The first-order valence-electron chi connectivity index (χ1n) is 6.19. The van der Waals surface area contributed by atoms with Crippen LogP contribution in [-0.4, -0.2) is 16.9 Å². The summed E-state index contributed by atoms with van der Waals surface area (Å²) >= 11 is 0. The molecular formula is C14H15FN2O. The Hall–Kier alpha value is -1.84. The monoisotopic (exact) mass is 246 g/mol. The zero-order valence-corrected chi connectivity index (χ0v) is 10.2. The molecule has 18 heavy (non-hydrogen) atoms. The van der Waals surface area contributed by atoms with Crippen molar-refractivity contribution in [2.45, 2.75) is 32.2 Å². The molecule has 2 N–H and O–H groups in total. The van der Waals surface area contributed by atoms with E-state index in [0.717, 1.165) is 30.2 Å². The SMILES string of the molecule is CC(=O)NC1CCc2[nH]c3cc(F)ccc3c2C1. The van der Waals surface area contributed by atoms with E-state index in [0.29, 0.717) is 0 Å². The van der Waals surface area contributed by atoms with Gasteiger partial charge in [0.1, 0.15) is 5.82 Å². The molecule has 1 atom stereocenters. The molecule has 1 aromatic heterocycles. The number of aromatic amines is 1. The summed E-state index contributed by atoms with van der Waals surface area (Å²) in [4.78, 5) is 14.4. The molecule has 1 unspecified atom stereocenters. The van der Waals surface area contributed by atoms with Gasteiger partial charge in [0.05, 0.1) is 0 Å². The van der Waals surface area contributed by atoms with Gasteiger partial charge >= 0.3 is 0 Å². The van der Waals surface area contributed by atoms with Gasteiger partial charge in [-0.25, -0.2) is 4.39 Å². The molecule has 1 aromatic carbocycles. The number of carbonyl (C=O) groups excluding carboxylic acids is 1. The van der Waals surface area contributed by atoms with Crippen LogP contribution in [0, 0.1) is 5.82 Å². The lowest BCUT2D eigenvalue weighted by Crippen LogP contribution is -2.37. The molecule has 0 saturated carbocycles. The van der Waals surface area contributed by atoms with Crippen LogP contribution in [0.3, 0.4) is 0 Å². The van der Waals surface area contributed by atoms with E-state index in [4.69, 9.17) is 0 Å². The second-order valence-electron chi connectivity index (χ2n) is 4.91. The maximum Gasteiger partial charge on any atom is 0.217 e. The number of rotatable bonds is 1. The standard InChI is InChI=1S/C14H15FN2O/c1-8(18)16-10-3-5-13-12(7-10)11-4-2-9(15)6-14(11)17-13/h2,4,6,10,17H,3,5,7H2,1H3,(H,16,18). The van der Waals surface area contributed by atoms with E-state index in [2.05, 4.69) is 10.3 Å². The van der Waals surface area contributed by atoms with Crippen LogP contribution in [0.15, 0.2) is 18.2 Å². The van der Waals surface area contributed by atoms with Gasteiger partial charge in [0.25, 0.3) is 0 Å². The minimum Gasteiger partial charge on any atom is -0.358 e. The average molecular weight is 246 g/mol. The average Bonchev–Trinajstić information content (AvgIpc) is 2.65. The number of nitrogens with one attached hydrogen (secondary N) is 2. The Morgan fingerprint density at radius 2 is 2.33 bits per heavy atom. The fourth-order valence-corrected chi connectivity index (χ4v) is 2.81. The highest BCUT2D eigenvalue weighted by Gasteiger charge is 2.22. The summed E-state index contributed by atoms with van der Waals surface area (Å²) < 4.78 is 13.2. The van der Waals surface area contributed by atoms with Crippen molar-refractivity contribution in [3.63, 3.8) is 0 Å². The van der Waals surface area contributed by atoms with Crippen molar-refractivity contribution in [2.75, 3.05) is 0 Å². The summed E-state index contributed by atoms with van der Waals surface area (Å²) in [5.41, 5.74) is 3.25. The van der Waals surface area contributed by atoms with E-state index in [1.54, 1.807) is 6.92 Å². The third-order valence-corrected chi connectivity index (χ3v) is 3.56. The van der Waals surface area contributed by atoms with Gasteiger partial charge in [-0.15, -0.1) is 0 Å². The van der Waals surface area contributed by atoms with E-state index in [-0.39, 0.29) is 17.8 Å². The third-order valence-electron chi connectivity index (χ3n) is 3.56. The predicted octanol–water partition coefficient (Wildman–Crippen LogP) is 2.30. The number of amides is 1. The first kappa shape index (κ1) is 11.3.